The zero-order valence-electron chi connectivity index (χ0n) is 17.9. The highest BCUT2D eigenvalue weighted by Crippen LogP contribution is 2.29. The average Bonchev–Trinajstić information content (AvgIpc) is 2.70. The molecule has 2 N–H and O–H groups in total. The van der Waals surface area contributed by atoms with Crippen molar-refractivity contribution in [2.75, 3.05) is 25.0 Å². The molecule has 1 saturated heterocycles. The summed E-state index contributed by atoms with van der Waals surface area (Å²) < 4.78 is 19.1. The molecule has 31 heavy (non-hydrogen) atoms. The monoisotopic (exact) mass is 447 g/mol. The van der Waals surface area contributed by atoms with Gasteiger partial charge in [0.15, 0.2) is 6.61 Å². The van der Waals surface area contributed by atoms with Crippen LogP contribution in [0, 0.1) is 5.82 Å². The largest absolute Gasteiger partial charge is 0.482 e. The molecule has 0 radical (unpaired) electrons. The van der Waals surface area contributed by atoms with Gasteiger partial charge in [-0.15, -0.1) is 0 Å². The van der Waals surface area contributed by atoms with E-state index in [0.29, 0.717) is 36.0 Å². The normalized spacial score (nSPS) is 20.9. The number of halogens is 2. The summed E-state index contributed by atoms with van der Waals surface area (Å²) in [6.07, 6.45) is 0.580. The number of nitrogens with zero attached hydrogens (tertiary/aromatic N) is 1. The van der Waals surface area contributed by atoms with Crippen molar-refractivity contribution in [3.8, 4) is 5.75 Å². The van der Waals surface area contributed by atoms with Crippen LogP contribution in [-0.4, -0.2) is 48.0 Å². The molecular formula is C23H27ClFN3O3. The van der Waals surface area contributed by atoms with E-state index in [2.05, 4.69) is 10.6 Å². The van der Waals surface area contributed by atoms with E-state index in [1.165, 1.54) is 19.1 Å². The number of piperazine rings is 1. The Balaban J connectivity index is 1.75. The first-order chi connectivity index (χ1) is 14.7. The lowest BCUT2D eigenvalue weighted by Crippen LogP contribution is -2.65. The van der Waals surface area contributed by atoms with Crippen LogP contribution in [0.25, 0.3) is 0 Å². The van der Waals surface area contributed by atoms with E-state index in [1.807, 2.05) is 18.7 Å². The number of benzene rings is 2. The number of amides is 2. The number of hydrogen-bond acceptors (Lipinski definition) is 4. The van der Waals surface area contributed by atoms with Gasteiger partial charge in [-0.25, -0.2) is 4.39 Å². The molecule has 0 spiro atoms. The number of carbonyl (C=O) groups excluding carboxylic acids is 2. The van der Waals surface area contributed by atoms with Gasteiger partial charge in [0, 0.05) is 31.1 Å². The van der Waals surface area contributed by atoms with Crippen LogP contribution in [0.1, 0.15) is 26.3 Å². The first kappa shape index (κ1) is 23.0. The van der Waals surface area contributed by atoms with E-state index >= 15 is 0 Å². The summed E-state index contributed by atoms with van der Waals surface area (Å²) in [6.45, 7) is 6.37. The number of carbonyl (C=O) groups is 2. The lowest BCUT2D eigenvalue weighted by atomic mass is 9.88. The SMILES string of the molecule is CC(=O)Nc1cc(Cl)ccc1OCC(=O)N1CC(C)NCC1(C)Cc1ccc(F)cc1. The molecule has 3 rings (SSSR count). The van der Waals surface area contributed by atoms with Crippen molar-refractivity contribution in [1.29, 1.82) is 0 Å². The summed E-state index contributed by atoms with van der Waals surface area (Å²) in [7, 11) is 0. The molecule has 2 aromatic carbocycles. The second-order valence-electron chi connectivity index (χ2n) is 8.20. The van der Waals surface area contributed by atoms with Gasteiger partial charge in [-0.05, 0) is 56.2 Å². The molecule has 0 aliphatic carbocycles. The fourth-order valence-corrected chi connectivity index (χ4v) is 3.96. The highest BCUT2D eigenvalue weighted by atomic mass is 35.5. The van der Waals surface area contributed by atoms with Crippen LogP contribution in [0.5, 0.6) is 5.75 Å². The Bertz CT molecular complexity index is 954. The molecule has 2 unspecified atom stereocenters. The molecule has 0 aromatic heterocycles. The van der Waals surface area contributed by atoms with Crippen LogP contribution in [0.2, 0.25) is 5.02 Å². The Morgan fingerprint density at radius 1 is 1.29 bits per heavy atom. The average molecular weight is 448 g/mol. The van der Waals surface area contributed by atoms with Crippen molar-refractivity contribution in [1.82, 2.24) is 10.2 Å². The third kappa shape index (κ3) is 5.95. The highest BCUT2D eigenvalue weighted by Gasteiger charge is 2.39. The van der Waals surface area contributed by atoms with Crippen LogP contribution >= 0.6 is 11.6 Å². The fourth-order valence-electron chi connectivity index (χ4n) is 3.78. The smallest absolute Gasteiger partial charge is 0.261 e. The summed E-state index contributed by atoms with van der Waals surface area (Å²) in [6, 6.07) is 11.3. The molecular weight excluding hydrogens is 421 g/mol. The van der Waals surface area contributed by atoms with Crippen molar-refractivity contribution in [3.63, 3.8) is 0 Å². The molecule has 166 valence electrons. The first-order valence-corrected chi connectivity index (χ1v) is 10.5. The number of rotatable bonds is 6. The standard InChI is InChI=1S/C23H27ClFN3O3/c1-15-12-28(23(3,14-26-15)11-17-4-7-19(25)8-5-17)22(30)13-31-21-9-6-18(24)10-20(21)27-16(2)29/h4-10,15,26H,11-14H2,1-3H3,(H,27,29). The summed E-state index contributed by atoms with van der Waals surface area (Å²) in [5.41, 5.74) is 0.866. The Kier molecular flexibility index (Phi) is 7.18. The first-order valence-electron chi connectivity index (χ1n) is 10.1. The predicted octanol–water partition coefficient (Wildman–Crippen LogP) is 3.64. The third-order valence-electron chi connectivity index (χ3n) is 5.34. The van der Waals surface area contributed by atoms with Crippen molar-refractivity contribution in [2.24, 2.45) is 0 Å². The second kappa shape index (κ2) is 9.66. The number of hydrogen-bond donors (Lipinski definition) is 2. The molecule has 8 heteroatoms. The fraction of sp³-hybridized carbons (Fsp3) is 0.391. The van der Waals surface area contributed by atoms with Crippen LogP contribution in [-0.2, 0) is 16.0 Å². The lowest BCUT2D eigenvalue weighted by Gasteiger charge is -2.47. The van der Waals surface area contributed by atoms with Gasteiger partial charge in [0.05, 0.1) is 11.2 Å². The van der Waals surface area contributed by atoms with E-state index in [-0.39, 0.29) is 30.3 Å². The lowest BCUT2D eigenvalue weighted by molar-refractivity contribution is -0.141. The maximum absolute atomic E-state index is 13.3. The topological polar surface area (TPSA) is 70.7 Å². The predicted molar refractivity (Wildman–Crippen MR) is 119 cm³/mol. The number of anilines is 1. The Labute approximate surface area is 186 Å². The van der Waals surface area contributed by atoms with Crippen molar-refractivity contribution in [2.45, 2.75) is 38.8 Å². The summed E-state index contributed by atoms with van der Waals surface area (Å²) >= 11 is 6.01. The molecule has 6 nitrogen and oxygen atoms in total. The minimum Gasteiger partial charge on any atom is -0.482 e. The van der Waals surface area contributed by atoms with Gasteiger partial charge >= 0.3 is 0 Å². The van der Waals surface area contributed by atoms with E-state index < -0.39 is 5.54 Å². The zero-order valence-corrected chi connectivity index (χ0v) is 18.6. The van der Waals surface area contributed by atoms with Crippen LogP contribution in [0.3, 0.4) is 0 Å². The molecule has 1 heterocycles. The van der Waals surface area contributed by atoms with Crippen LogP contribution in [0.15, 0.2) is 42.5 Å². The minimum absolute atomic E-state index is 0.135. The van der Waals surface area contributed by atoms with Gasteiger partial charge in [0.1, 0.15) is 11.6 Å². The number of nitrogens with one attached hydrogen (secondary N) is 2. The molecule has 1 aliphatic rings. The maximum atomic E-state index is 13.3. The van der Waals surface area contributed by atoms with Crippen LogP contribution in [0.4, 0.5) is 10.1 Å². The molecule has 1 fully saturated rings. The summed E-state index contributed by atoms with van der Waals surface area (Å²) in [5.74, 6) is -0.345. The quantitative estimate of drug-likeness (QED) is 0.709. The molecule has 0 saturated carbocycles. The van der Waals surface area contributed by atoms with Gasteiger partial charge in [0.2, 0.25) is 5.91 Å². The second-order valence-corrected chi connectivity index (χ2v) is 8.63. The summed E-state index contributed by atoms with van der Waals surface area (Å²) in [4.78, 5) is 26.5. The Hall–Kier alpha value is -2.64. The van der Waals surface area contributed by atoms with Gasteiger partial charge in [-0.3, -0.25) is 9.59 Å². The molecule has 2 atom stereocenters. The molecule has 1 aliphatic heterocycles. The highest BCUT2D eigenvalue weighted by molar-refractivity contribution is 6.31. The zero-order chi connectivity index (χ0) is 22.6. The molecule has 0 bridgehead atoms. The van der Waals surface area contributed by atoms with Gasteiger partial charge in [-0.1, -0.05) is 23.7 Å². The van der Waals surface area contributed by atoms with Gasteiger partial charge in [-0.2, -0.15) is 0 Å². The Morgan fingerprint density at radius 2 is 2.00 bits per heavy atom. The molecule has 2 amide bonds. The van der Waals surface area contributed by atoms with Crippen LogP contribution < -0.4 is 15.4 Å². The minimum atomic E-state index is -0.495. The van der Waals surface area contributed by atoms with Gasteiger partial charge in [0.25, 0.3) is 5.91 Å². The third-order valence-corrected chi connectivity index (χ3v) is 5.58. The van der Waals surface area contributed by atoms with Crippen molar-refractivity contribution in [3.05, 3.63) is 58.9 Å². The van der Waals surface area contributed by atoms with E-state index in [9.17, 15) is 14.0 Å². The van der Waals surface area contributed by atoms with E-state index in [4.69, 9.17) is 16.3 Å². The Morgan fingerprint density at radius 3 is 2.68 bits per heavy atom. The molecule has 2 aromatic rings. The van der Waals surface area contributed by atoms with Crippen molar-refractivity contribution < 1.29 is 18.7 Å². The van der Waals surface area contributed by atoms with E-state index in [0.717, 1.165) is 5.56 Å². The number of ether oxygens (including phenoxy) is 1. The van der Waals surface area contributed by atoms with Crippen molar-refractivity contribution >= 4 is 29.1 Å². The van der Waals surface area contributed by atoms with E-state index in [1.54, 1.807) is 30.3 Å². The van der Waals surface area contributed by atoms with Gasteiger partial charge < -0.3 is 20.3 Å². The summed E-state index contributed by atoms with van der Waals surface area (Å²) in [5, 5.41) is 6.54. The maximum Gasteiger partial charge on any atom is 0.261 e.